The standard InChI is InChI=1S/C23H29B3N6O4S/c1-22(2,35)15-10-27-21(37-15)12-5-4-6-13(18(12)36-3)28-14-9-16(29-19(33)11-7-8-11)31-32-17(14)20(34)30-23(24,25)26/h4-6,9-11,35H,7-8,24-26H2,1-3H3,(H,30,34)(H2,28,29,31,33). The molecule has 3 aromatic rings. The topological polar surface area (TPSA) is 138 Å². The number of thiazole rings is 1. The van der Waals surface area contributed by atoms with Gasteiger partial charge in [0.05, 0.1) is 34.5 Å². The lowest BCUT2D eigenvalue weighted by Gasteiger charge is -2.22. The van der Waals surface area contributed by atoms with Crippen molar-refractivity contribution in [2.75, 3.05) is 17.7 Å². The SMILES string of the molecule is BC(B)(B)NC(=O)c1nnc(NC(=O)C2CC2)cc1Nc1cccc(-c2ncc(C(C)(C)O)s2)c1OC. The van der Waals surface area contributed by atoms with Crippen LogP contribution in [0.2, 0.25) is 0 Å². The number of rotatable bonds is 9. The molecule has 1 aromatic carbocycles. The van der Waals surface area contributed by atoms with Crippen molar-refractivity contribution in [1.82, 2.24) is 20.5 Å². The zero-order valence-corrected chi connectivity index (χ0v) is 22.6. The number of hydrogen-bond donors (Lipinski definition) is 4. The molecule has 10 nitrogen and oxygen atoms in total. The van der Waals surface area contributed by atoms with Gasteiger partial charge in [0.2, 0.25) is 5.91 Å². The first-order chi connectivity index (χ1) is 17.4. The van der Waals surface area contributed by atoms with E-state index in [4.69, 9.17) is 4.74 Å². The Kier molecular flexibility index (Phi) is 7.34. The van der Waals surface area contributed by atoms with Gasteiger partial charge in [-0.15, -0.1) is 21.5 Å². The van der Waals surface area contributed by atoms with Gasteiger partial charge in [0.25, 0.3) is 5.91 Å². The molecule has 190 valence electrons. The van der Waals surface area contributed by atoms with Crippen LogP contribution >= 0.6 is 11.3 Å². The predicted octanol–water partition coefficient (Wildman–Crippen LogP) is 0.169. The van der Waals surface area contributed by atoms with Crippen LogP contribution in [0.4, 0.5) is 17.2 Å². The van der Waals surface area contributed by atoms with E-state index in [0.717, 1.165) is 23.3 Å². The van der Waals surface area contributed by atoms with Gasteiger partial charge >= 0.3 is 0 Å². The number of nitrogens with one attached hydrogen (secondary N) is 3. The average Bonchev–Trinajstić information content (AvgIpc) is 3.53. The van der Waals surface area contributed by atoms with Gasteiger partial charge in [0.1, 0.15) is 28.5 Å². The summed E-state index contributed by atoms with van der Waals surface area (Å²) in [4.78, 5) is 30.6. The van der Waals surface area contributed by atoms with Crippen molar-refractivity contribution in [2.45, 2.75) is 37.5 Å². The first-order valence-electron chi connectivity index (χ1n) is 12.0. The number of carbonyl (C=O) groups is 2. The molecule has 0 radical (unpaired) electrons. The molecule has 1 saturated carbocycles. The molecule has 14 heteroatoms. The third-order valence-corrected chi connectivity index (χ3v) is 6.87. The second kappa shape index (κ2) is 10.2. The number of methoxy groups -OCH3 is 1. The van der Waals surface area contributed by atoms with E-state index in [-0.39, 0.29) is 23.3 Å². The van der Waals surface area contributed by atoms with E-state index >= 15 is 0 Å². The Labute approximate surface area is 222 Å². The van der Waals surface area contributed by atoms with Crippen molar-refractivity contribution in [2.24, 2.45) is 5.92 Å². The zero-order chi connectivity index (χ0) is 27.0. The lowest BCUT2D eigenvalue weighted by atomic mass is 9.49. The normalized spacial score (nSPS) is 13.6. The minimum absolute atomic E-state index is 0.00839. The highest BCUT2D eigenvalue weighted by atomic mass is 32.1. The summed E-state index contributed by atoms with van der Waals surface area (Å²) in [5.41, 5.74) is 0.702. The number of nitrogens with zero attached hydrogens (tertiary/aromatic N) is 3. The van der Waals surface area contributed by atoms with Gasteiger partial charge in [0.15, 0.2) is 17.3 Å². The number of carbonyl (C=O) groups excluding carboxylic acids is 2. The summed E-state index contributed by atoms with van der Waals surface area (Å²) in [6.07, 6.45) is 3.36. The highest BCUT2D eigenvalue weighted by molar-refractivity contribution is 7.15. The highest BCUT2D eigenvalue weighted by Gasteiger charge is 2.30. The van der Waals surface area contributed by atoms with Gasteiger partial charge in [-0.05, 0) is 44.1 Å². The maximum absolute atomic E-state index is 13.1. The Morgan fingerprint density at radius 3 is 2.49 bits per heavy atom. The Morgan fingerprint density at radius 1 is 1.16 bits per heavy atom. The number of para-hydroxylation sites is 1. The minimum atomic E-state index is -1.02. The van der Waals surface area contributed by atoms with Crippen LogP contribution in [0.5, 0.6) is 5.75 Å². The van der Waals surface area contributed by atoms with Gasteiger partial charge in [-0.25, -0.2) is 4.98 Å². The van der Waals surface area contributed by atoms with Gasteiger partial charge in [-0.1, -0.05) is 6.07 Å². The Morgan fingerprint density at radius 2 is 1.89 bits per heavy atom. The average molecular weight is 518 g/mol. The molecule has 1 aliphatic rings. The van der Waals surface area contributed by atoms with Crippen molar-refractivity contribution in [3.8, 4) is 16.3 Å². The van der Waals surface area contributed by atoms with Gasteiger partial charge in [-0.3, -0.25) is 9.59 Å². The lowest BCUT2D eigenvalue weighted by Crippen LogP contribution is -2.50. The van der Waals surface area contributed by atoms with Gasteiger partial charge in [0, 0.05) is 18.2 Å². The summed E-state index contributed by atoms with van der Waals surface area (Å²) in [7, 11) is 7.17. The Bertz CT molecular complexity index is 1330. The predicted molar refractivity (Wildman–Crippen MR) is 152 cm³/mol. The molecule has 0 atom stereocenters. The van der Waals surface area contributed by atoms with Gasteiger partial charge in [-0.2, -0.15) is 0 Å². The molecule has 4 rings (SSSR count). The second-order valence-electron chi connectivity index (χ2n) is 10.6. The van der Waals surface area contributed by atoms with Crippen molar-refractivity contribution in [3.63, 3.8) is 0 Å². The van der Waals surface area contributed by atoms with Crippen LogP contribution in [0.25, 0.3) is 10.6 Å². The molecule has 0 unspecified atom stereocenters. The third-order valence-electron chi connectivity index (χ3n) is 5.52. The van der Waals surface area contributed by atoms with E-state index in [2.05, 4.69) is 31.1 Å². The zero-order valence-electron chi connectivity index (χ0n) is 21.8. The molecular weight excluding hydrogens is 489 g/mol. The fourth-order valence-corrected chi connectivity index (χ4v) is 4.48. The molecule has 2 heterocycles. The molecule has 0 spiro atoms. The van der Waals surface area contributed by atoms with E-state index in [1.807, 2.05) is 35.7 Å². The minimum Gasteiger partial charge on any atom is -0.494 e. The van der Waals surface area contributed by atoms with Gasteiger partial charge < -0.3 is 25.8 Å². The summed E-state index contributed by atoms with van der Waals surface area (Å²) in [6.45, 7) is 3.42. The smallest absolute Gasteiger partial charge is 0.272 e. The molecule has 37 heavy (non-hydrogen) atoms. The first-order valence-corrected chi connectivity index (χ1v) is 12.8. The number of ether oxygens (including phenoxy) is 1. The fourth-order valence-electron chi connectivity index (χ4n) is 3.54. The second-order valence-corrected chi connectivity index (χ2v) is 11.6. The molecule has 2 amide bonds. The molecule has 2 aromatic heterocycles. The van der Waals surface area contributed by atoms with Crippen LogP contribution in [-0.4, -0.2) is 68.0 Å². The van der Waals surface area contributed by atoms with E-state index in [9.17, 15) is 14.7 Å². The fraction of sp³-hybridized carbons (Fsp3) is 0.348. The number of amides is 2. The number of aromatic nitrogens is 3. The maximum Gasteiger partial charge on any atom is 0.272 e. The maximum atomic E-state index is 13.1. The summed E-state index contributed by atoms with van der Waals surface area (Å²) < 4.78 is 5.75. The molecular formula is C23H29B3N6O4S. The Hall–Kier alpha value is -3.38. The molecule has 4 N–H and O–H groups in total. The largest absolute Gasteiger partial charge is 0.494 e. The van der Waals surface area contributed by atoms with Crippen molar-refractivity contribution in [3.05, 3.63) is 41.0 Å². The Balaban J connectivity index is 1.72. The van der Waals surface area contributed by atoms with Crippen LogP contribution in [0, 0.1) is 5.92 Å². The summed E-state index contributed by atoms with van der Waals surface area (Å²) in [5, 5.41) is 27.7. The van der Waals surface area contributed by atoms with Crippen molar-refractivity contribution >= 4 is 63.9 Å². The number of aliphatic hydroxyl groups is 1. The lowest BCUT2D eigenvalue weighted by molar-refractivity contribution is -0.117. The molecule has 1 aliphatic carbocycles. The highest BCUT2D eigenvalue weighted by Crippen LogP contribution is 2.41. The van der Waals surface area contributed by atoms with Crippen LogP contribution < -0.4 is 20.7 Å². The molecule has 0 aliphatic heterocycles. The summed E-state index contributed by atoms with van der Waals surface area (Å²) in [5.74, 6) is 0.217. The van der Waals surface area contributed by atoms with E-state index in [1.54, 1.807) is 39.3 Å². The van der Waals surface area contributed by atoms with Crippen molar-refractivity contribution < 1.29 is 19.4 Å². The van der Waals surface area contributed by atoms with Crippen LogP contribution in [0.15, 0.2) is 30.5 Å². The van der Waals surface area contributed by atoms with Crippen LogP contribution in [0.1, 0.15) is 42.1 Å². The van der Waals surface area contributed by atoms with Crippen LogP contribution in [0.3, 0.4) is 0 Å². The number of benzene rings is 1. The van der Waals surface area contributed by atoms with E-state index in [1.165, 1.54) is 11.3 Å². The monoisotopic (exact) mass is 518 g/mol. The van der Waals surface area contributed by atoms with E-state index < -0.39 is 16.7 Å². The number of hydrogen-bond acceptors (Lipinski definition) is 9. The molecule has 1 fully saturated rings. The van der Waals surface area contributed by atoms with E-state index in [0.29, 0.717) is 22.1 Å². The third kappa shape index (κ3) is 6.50. The number of anilines is 3. The first kappa shape index (κ1) is 26.7. The molecule has 0 bridgehead atoms. The quantitative estimate of drug-likeness (QED) is 0.295. The van der Waals surface area contributed by atoms with Crippen LogP contribution in [-0.2, 0) is 10.4 Å². The van der Waals surface area contributed by atoms with Crippen molar-refractivity contribution in [1.29, 1.82) is 0 Å². The molecule has 0 saturated heterocycles. The summed E-state index contributed by atoms with van der Waals surface area (Å²) >= 11 is 1.37. The summed E-state index contributed by atoms with van der Waals surface area (Å²) in [6, 6.07) is 7.11.